The highest BCUT2D eigenvalue weighted by Gasteiger charge is 2.14. The SMILES string of the molecule is Cc1cccc(CNC(=O)C(=O)Nc2cccc(Cl)c2C)c1. The van der Waals surface area contributed by atoms with E-state index in [4.69, 9.17) is 11.6 Å². The Morgan fingerprint density at radius 3 is 2.50 bits per heavy atom. The zero-order valence-electron chi connectivity index (χ0n) is 12.4. The van der Waals surface area contributed by atoms with Crippen LogP contribution >= 0.6 is 11.6 Å². The lowest BCUT2D eigenvalue weighted by molar-refractivity contribution is -0.136. The largest absolute Gasteiger partial charge is 0.344 e. The Hall–Kier alpha value is -2.33. The summed E-state index contributed by atoms with van der Waals surface area (Å²) in [6, 6.07) is 12.9. The summed E-state index contributed by atoms with van der Waals surface area (Å²) in [6.45, 7) is 4.06. The second-order valence-electron chi connectivity index (χ2n) is 5.04. The third-order valence-electron chi connectivity index (χ3n) is 3.26. The number of hydrogen-bond donors (Lipinski definition) is 2. The fraction of sp³-hybridized carbons (Fsp3) is 0.176. The van der Waals surface area contributed by atoms with E-state index in [1.165, 1.54) is 0 Å². The predicted molar refractivity (Wildman–Crippen MR) is 87.8 cm³/mol. The van der Waals surface area contributed by atoms with Gasteiger partial charge in [-0.3, -0.25) is 9.59 Å². The Bertz CT molecular complexity index is 714. The topological polar surface area (TPSA) is 58.2 Å². The zero-order chi connectivity index (χ0) is 16.1. The second-order valence-corrected chi connectivity index (χ2v) is 5.45. The minimum Gasteiger partial charge on any atom is -0.344 e. The van der Waals surface area contributed by atoms with Gasteiger partial charge in [0.2, 0.25) is 0 Å². The van der Waals surface area contributed by atoms with Gasteiger partial charge in [0.25, 0.3) is 0 Å². The lowest BCUT2D eigenvalue weighted by Gasteiger charge is -2.10. The number of anilines is 1. The lowest BCUT2D eigenvalue weighted by atomic mass is 10.1. The first-order valence-corrected chi connectivity index (χ1v) is 7.25. The maximum absolute atomic E-state index is 11.9. The van der Waals surface area contributed by atoms with E-state index in [0.29, 0.717) is 17.3 Å². The first kappa shape index (κ1) is 16.0. The van der Waals surface area contributed by atoms with Crippen LogP contribution in [0.5, 0.6) is 0 Å². The maximum Gasteiger partial charge on any atom is 0.313 e. The van der Waals surface area contributed by atoms with Gasteiger partial charge in [-0.15, -0.1) is 0 Å². The summed E-state index contributed by atoms with van der Waals surface area (Å²) in [5.41, 5.74) is 3.30. The molecule has 0 spiro atoms. The van der Waals surface area contributed by atoms with Crippen molar-refractivity contribution >= 4 is 29.1 Å². The van der Waals surface area contributed by atoms with Crippen molar-refractivity contribution in [2.45, 2.75) is 20.4 Å². The molecular weight excluding hydrogens is 300 g/mol. The zero-order valence-corrected chi connectivity index (χ0v) is 13.2. The third-order valence-corrected chi connectivity index (χ3v) is 3.67. The fourth-order valence-electron chi connectivity index (χ4n) is 2.01. The molecule has 2 rings (SSSR count). The summed E-state index contributed by atoms with van der Waals surface area (Å²) in [5, 5.41) is 5.70. The Morgan fingerprint density at radius 2 is 1.77 bits per heavy atom. The highest BCUT2D eigenvalue weighted by molar-refractivity contribution is 6.40. The Labute approximate surface area is 134 Å². The number of nitrogens with one attached hydrogen (secondary N) is 2. The van der Waals surface area contributed by atoms with E-state index in [2.05, 4.69) is 10.6 Å². The molecule has 0 saturated heterocycles. The van der Waals surface area contributed by atoms with Crippen molar-refractivity contribution in [1.29, 1.82) is 0 Å². The van der Waals surface area contributed by atoms with E-state index in [-0.39, 0.29) is 0 Å². The van der Waals surface area contributed by atoms with Crippen LogP contribution in [0.4, 0.5) is 5.69 Å². The number of amides is 2. The molecule has 2 aromatic carbocycles. The first-order valence-electron chi connectivity index (χ1n) is 6.87. The van der Waals surface area contributed by atoms with E-state index in [0.717, 1.165) is 16.7 Å². The number of halogens is 1. The molecule has 22 heavy (non-hydrogen) atoms. The average Bonchev–Trinajstić information content (AvgIpc) is 2.49. The Balaban J connectivity index is 1.95. The summed E-state index contributed by atoms with van der Waals surface area (Å²) in [5.74, 6) is -1.39. The molecule has 0 unspecified atom stereocenters. The van der Waals surface area contributed by atoms with Crippen molar-refractivity contribution in [2.24, 2.45) is 0 Å². The van der Waals surface area contributed by atoms with Gasteiger partial charge in [0.15, 0.2) is 0 Å². The van der Waals surface area contributed by atoms with E-state index in [9.17, 15) is 9.59 Å². The molecule has 0 atom stereocenters. The number of hydrogen-bond acceptors (Lipinski definition) is 2. The molecule has 0 bridgehead atoms. The van der Waals surface area contributed by atoms with Gasteiger partial charge in [-0.2, -0.15) is 0 Å². The maximum atomic E-state index is 11.9. The first-order chi connectivity index (χ1) is 10.5. The smallest absolute Gasteiger partial charge is 0.313 e. The van der Waals surface area contributed by atoms with Crippen LogP contribution in [-0.4, -0.2) is 11.8 Å². The molecular formula is C17H17ClN2O2. The van der Waals surface area contributed by atoms with Crippen LogP contribution in [-0.2, 0) is 16.1 Å². The normalized spacial score (nSPS) is 10.1. The summed E-state index contributed by atoms with van der Waals surface area (Å²) in [7, 11) is 0. The molecule has 0 aromatic heterocycles. The van der Waals surface area contributed by atoms with Crippen molar-refractivity contribution in [1.82, 2.24) is 5.32 Å². The van der Waals surface area contributed by atoms with Gasteiger partial charge in [-0.25, -0.2) is 0 Å². The molecule has 0 aliphatic rings. The molecule has 0 aliphatic heterocycles. The quantitative estimate of drug-likeness (QED) is 0.854. The second kappa shape index (κ2) is 7.09. The number of carbonyl (C=O) groups excluding carboxylic acids is 2. The van der Waals surface area contributed by atoms with Crippen LogP contribution < -0.4 is 10.6 Å². The molecule has 0 heterocycles. The molecule has 0 fully saturated rings. The van der Waals surface area contributed by atoms with Crippen LogP contribution in [0.3, 0.4) is 0 Å². The van der Waals surface area contributed by atoms with Gasteiger partial charge in [0.1, 0.15) is 0 Å². The van der Waals surface area contributed by atoms with Crippen LogP contribution in [0.25, 0.3) is 0 Å². The number of rotatable bonds is 3. The van der Waals surface area contributed by atoms with Gasteiger partial charge in [0, 0.05) is 17.3 Å². The standard InChI is InChI=1S/C17H17ClN2O2/c1-11-5-3-6-13(9-11)10-19-16(21)17(22)20-15-8-4-7-14(18)12(15)2/h3-9H,10H2,1-2H3,(H,19,21)(H,20,22). The number of aryl methyl sites for hydroxylation is 1. The van der Waals surface area contributed by atoms with E-state index < -0.39 is 11.8 Å². The van der Waals surface area contributed by atoms with Crippen molar-refractivity contribution < 1.29 is 9.59 Å². The molecule has 5 heteroatoms. The van der Waals surface area contributed by atoms with Crippen molar-refractivity contribution in [3.8, 4) is 0 Å². The van der Waals surface area contributed by atoms with Crippen LogP contribution in [0, 0.1) is 13.8 Å². The fourth-order valence-corrected chi connectivity index (χ4v) is 2.18. The minimum absolute atomic E-state index is 0.308. The van der Waals surface area contributed by atoms with Gasteiger partial charge in [-0.1, -0.05) is 47.5 Å². The summed E-state index contributed by atoms with van der Waals surface area (Å²) in [6.07, 6.45) is 0. The van der Waals surface area contributed by atoms with Crippen molar-refractivity contribution in [3.63, 3.8) is 0 Å². The predicted octanol–water partition coefficient (Wildman–Crippen LogP) is 3.21. The molecule has 2 aromatic rings. The molecule has 114 valence electrons. The number of carbonyl (C=O) groups is 2. The summed E-state index contributed by atoms with van der Waals surface area (Å²) in [4.78, 5) is 23.7. The van der Waals surface area contributed by atoms with Gasteiger partial charge < -0.3 is 10.6 Å². The van der Waals surface area contributed by atoms with Gasteiger partial charge >= 0.3 is 11.8 Å². The van der Waals surface area contributed by atoms with Crippen LogP contribution in [0.15, 0.2) is 42.5 Å². The molecule has 2 amide bonds. The monoisotopic (exact) mass is 316 g/mol. The Kier molecular flexibility index (Phi) is 5.17. The molecule has 0 saturated carbocycles. The van der Waals surface area contributed by atoms with E-state index in [1.54, 1.807) is 25.1 Å². The summed E-state index contributed by atoms with van der Waals surface area (Å²) < 4.78 is 0. The average molecular weight is 317 g/mol. The van der Waals surface area contributed by atoms with Crippen molar-refractivity contribution in [2.75, 3.05) is 5.32 Å². The molecule has 2 N–H and O–H groups in total. The van der Waals surface area contributed by atoms with Gasteiger partial charge in [-0.05, 0) is 37.1 Å². The highest BCUT2D eigenvalue weighted by Crippen LogP contribution is 2.22. The minimum atomic E-state index is -0.710. The highest BCUT2D eigenvalue weighted by atomic mass is 35.5. The third kappa shape index (κ3) is 4.09. The summed E-state index contributed by atoms with van der Waals surface area (Å²) >= 11 is 5.98. The molecule has 0 aliphatic carbocycles. The van der Waals surface area contributed by atoms with Crippen LogP contribution in [0.2, 0.25) is 5.02 Å². The van der Waals surface area contributed by atoms with E-state index >= 15 is 0 Å². The van der Waals surface area contributed by atoms with Crippen molar-refractivity contribution in [3.05, 3.63) is 64.2 Å². The molecule has 0 radical (unpaired) electrons. The Morgan fingerprint density at radius 1 is 1.05 bits per heavy atom. The van der Waals surface area contributed by atoms with Crippen LogP contribution in [0.1, 0.15) is 16.7 Å². The number of benzene rings is 2. The van der Waals surface area contributed by atoms with E-state index in [1.807, 2.05) is 31.2 Å². The van der Waals surface area contributed by atoms with Gasteiger partial charge in [0.05, 0.1) is 0 Å². The lowest BCUT2D eigenvalue weighted by Crippen LogP contribution is -2.35. The molecule has 4 nitrogen and oxygen atoms in total.